The Morgan fingerprint density at radius 2 is 1.80 bits per heavy atom. The first-order valence-electron chi connectivity index (χ1n) is 8.72. The molecule has 3 aromatic rings. The van der Waals surface area contributed by atoms with Gasteiger partial charge < -0.3 is 9.88 Å². The second-order valence-electron chi connectivity index (χ2n) is 6.62. The summed E-state index contributed by atoms with van der Waals surface area (Å²) >= 11 is 0.579. The normalized spacial score (nSPS) is 12.3. The van der Waals surface area contributed by atoms with Crippen LogP contribution in [0, 0.1) is 0 Å². The fraction of sp³-hybridized carbons (Fsp3) is 0.263. The van der Waals surface area contributed by atoms with Gasteiger partial charge in [-0.2, -0.15) is 13.2 Å². The fourth-order valence-electron chi connectivity index (χ4n) is 2.84. The van der Waals surface area contributed by atoms with Crippen LogP contribution in [0.25, 0.3) is 11.0 Å². The molecule has 160 valence electrons. The number of rotatable bonds is 7. The Hall–Kier alpha value is -2.53. The van der Waals surface area contributed by atoms with Gasteiger partial charge in [-0.3, -0.25) is 4.79 Å². The molecule has 1 amide bonds. The summed E-state index contributed by atoms with van der Waals surface area (Å²) in [6.45, 7) is -0.233. The van der Waals surface area contributed by atoms with Crippen LogP contribution in [0.1, 0.15) is 5.82 Å². The molecule has 2 aromatic carbocycles. The number of fused-ring (bicyclic) bond motifs is 1. The Kier molecular flexibility index (Phi) is 6.41. The van der Waals surface area contributed by atoms with Gasteiger partial charge in [-0.05, 0) is 24.3 Å². The van der Waals surface area contributed by atoms with E-state index >= 15 is 0 Å². The van der Waals surface area contributed by atoms with Crippen LogP contribution in [0.4, 0.5) is 18.9 Å². The summed E-state index contributed by atoms with van der Waals surface area (Å²) in [6.07, 6.45) is -3.26. The molecule has 6 nitrogen and oxygen atoms in total. The molecule has 1 heterocycles. The minimum Gasteiger partial charge on any atom is -0.324 e. The van der Waals surface area contributed by atoms with Crippen LogP contribution in [0.3, 0.4) is 0 Å². The van der Waals surface area contributed by atoms with Crippen molar-refractivity contribution >= 4 is 44.2 Å². The minimum absolute atomic E-state index is 0.216. The molecule has 0 atom stereocenters. The second kappa shape index (κ2) is 8.68. The predicted octanol–water partition coefficient (Wildman–Crippen LogP) is 3.87. The number of sulfone groups is 1. The Labute approximate surface area is 175 Å². The first kappa shape index (κ1) is 22.2. The Bertz CT molecular complexity index is 1170. The largest absolute Gasteiger partial charge is 0.398 e. The Balaban J connectivity index is 1.84. The highest BCUT2D eigenvalue weighted by Gasteiger charge is 2.28. The van der Waals surface area contributed by atoms with Gasteiger partial charge in [-0.25, -0.2) is 13.4 Å². The maximum atomic E-state index is 12.7. The van der Waals surface area contributed by atoms with E-state index in [1.165, 1.54) is 16.7 Å². The lowest BCUT2D eigenvalue weighted by molar-refractivity contribution is -0.116. The number of para-hydroxylation sites is 3. The monoisotopic (exact) mass is 457 g/mol. The van der Waals surface area contributed by atoms with Gasteiger partial charge in [-0.15, -0.1) is 11.8 Å². The standard InChI is InChI=1S/C19H18F3N3O3S2/c1-30(27,28)11-17-23-13-6-2-4-8-15(13)25(17)10-18(26)24-14-7-3-5-9-16(14)29-12-19(20,21)22/h2-9H,10-12H2,1H3,(H,24,26). The van der Waals surface area contributed by atoms with Crippen LogP contribution >= 0.6 is 11.8 Å². The molecule has 0 saturated carbocycles. The third-order valence-corrected chi connectivity index (χ3v) is 5.90. The Morgan fingerprint density at radius 1 is 1.13 bits per heavy atom. The minimum atomic E-state index is -4.34. The summed E-state index contributed by atoms with van der Waals surface area (Å²) in [5, 5.41) is 2.61. The van der Waals surface area contributed by atoms with Crippen LogP contribution in [0.5, 0.6) is 0 Å². The zero-order valence-electron chi connectivity index (χ0n) is 15.8. The highest BCUT2D eigenvalue weighted by molar-refractivity contribution is 7.99. The van der Waals surface area contributed by atoms with Crippen LogP contribution < -0.4 is 5.32 Å². The van der Waals surface area contributed by atoms with Crippen molar-refractivity contribution in [1.82, 2.24) is 9.55 Å². The Morgan fingerprint density at radius 3 is 2.50 bits per heavy atom. The maximum Gasteiger partial charge on any atom is 0.398 e. The van der Waals surface area contributed by atoms with Gasteiger partial charge in [0.05, 0.1) is 22.5 Å². The highest BCUT2D eigenvalue weighted by atomic mass is 32.2. The molecule has 1 aromatic heterocycles. The summed E-state index contributed by atoms with van der Waals surface area (Å²) in [4.78, 5) is 17.2. The number of aromatic nitrogens is 2. The average Bonchev–Trinajstić information content (AvgIpc) is 2.96. The maximum absolute atomic E-state index is 12.7. The molecule has 11 heteroatoms. The number of carbonyl (C=O) groups excluding carboxylic acids is 1. The van der Waals surface area contributed by atoms with Crippen molar-refractivity contribution in [3.05, 3.63) is 54.4 Å². The number of halogens is 3. The number of nitrogens with zero attached hydrogens (tertiary/aromatic N) is 2. The van der Waals surface area contributed by atoms with Crippen molar-refractivity contribution < 1.29 is 26.4 Å². The molecule has 0 aliphatic heterocycles. The van der Waals surface area contributed by atoms with E-state index in [-0.39, 0.29) is 28.7 Å². The molecule has 0 fully saturated rings. The molecule has 0 unspecified atom stereocenters. The lowest BCUT2D eigenvalue weighted by Gasteiger charge is -2.13. The van der Waals surface area contributed by atoms with Gasteiger partial charge in [0.25, 0.3) is 0 Å². The number of anilines is 1. The van der Waals surface area contributed by atoms with Crippen LogP contribution in [0.2, 0.25) is 0 Å². The first-order valence-corrected chi connectivity index (χ1v) is 11.8. The molecule has 0 saturated heterocycles. The molecule has 3 rings (SSSR count). The summed E-state index contributed by atoms with van der Waals surface area (Å²) in [7, 11) is -3.39. The summed E-state index contributed by atoms with van der Waals surface area (Å²) in [5.41, 5.74) is 1.39. The van der Waals surface area contributed by atoms with E-state index in [1.54, 1.807) is 36.4 Å². The number of carbonyl (C=O) groups is 1. The number of imidazole rings is 1. The zero-order valence-corrected chi connectivity index (χ0v) is 17.4. The highest BCUT2D eigenvalue weighted by Crippen LogP contribution is 2.32. The quantitative estimate of drug-likeness (QED) is 0.545. The van der Waals surface area contributed by atoms with Crippen LogP contribution in [-0.2, 0) is 26.9 Å². The van der Waals surface area contributed by atoms with Crippen molar-refractivity contribution in [2.24, 2.45) is 0 Å². The topological polar surface area (TPSA) is 81.1 Å². The van der Waals surface area contributed by atoms with E-state index in [0.29, 0.717) is 22.8 Å². The van der Waals surface area contributed by atoms with Gasteiger partial charge in [0.2, 0.25) is 5.91 Å². The van der Waals surface area contributed by atoms with Crippen LogP contribution in [0.15, 0.2) is 53.4 Å². The van der Waals surface area contributed by atoms with Crippen molar-refractivity contribution in [2.45, 2.75) is 23.4 Å². The summed E-state index contributed by atoms with van der Waals surface area (Å²) in [6, 6.07) is 13.1. The molecular formula is C19H18F3N3O3S2. The van der Waals surface area contributed by atoms with Crippen molar-refractivity contribution in [3.8, 4) is 0 Å². The molecule has 0 radical (unpaired) electrons. The van der Waals surface area contributed by atoms with Gasteiger partial charge in [0.1, 0.15) is 18.1 Å². The van der Waals surface area contributed by atoms with Gasteiger partial charge >= 0.3 is 6.18 Å². The smallest absolute Gasteiger partial charge is 0.324 e. The van der Waals surface area contributed by atoms with E-state index in [0.717, 1.165) is 6.26 Å². The predicted molar refractivity (Wildman–Crippen MR) is 110 cm³/mol. The summed E-state index contributed by atoms with van der Waals surface area (Å²) in [5.74, 6) is -1.71. The molecule has 30 heavy (non-hydrogen) atoms. The first-order chi connectivity index (χ1) is 14.0. The molecule has 0 bridgehead atoms. The number of hydrogen-bond acceptors (Lipinski definition) is 5. The number of thioether (sulfide) groups is 1. The second-order valence-corrected chi connectivity index (χ2v) is 9.78. The van der Waals surface area contributed by atoms with E-state index in [9.17, 15) is 26.4 Å². The molecular weight excluding hydrogens is 439 g/mol. The average molecular weight is 457 g/mol. The SMILES string of the molecule is CS(=O)(=O)Cc1nc2ccccc2n1CC(=O)Nc1ccccc1SCC(F)(F)F. The number of alkyl halides is 3. The van der Waals surface area contributed by atoms with Gasteiger partial charge in [-0.1, -0.05) is 24.3 Å². The van der Waals surface area contributed by atoms with Crippen LogP contribution in [-0.4, -0.2) is 42.1 Å². The molecule has 0 aliphatic carbocycles. The molecule has 0 aliphatic rings. The lowest BCUT2D eigenvalue weighted by Crippen LogP contribution is -2.21. The zero-order chi connectivity index (χ0) is 21.9. The fourth-order valence-corrected chi connectivity index (χ4v) is 4.29. The van der Waals surface area contributed by atoms with Gasteiger partial charge in [0, 0.05) is 11.2 Å². The van der Waals surface area contributed by atoms with E-state index in [1.807, 2.05) is 0 Å². The van der Waals surface area contributed by atoms with Gasteiger partial charge in [0.15, 0.2) is 9.84 Å². The number of nitrogens with one attached hydrogen (secondary N) is 1. The third kappa shape index (κ3) is 5.99. The third-order valence-electron chi connectivity index (χ3n) is 3.98. The summed E-state index contributed by atoms with van der Waals surface area (Å²) < 4.78 is 62.7. The van der Waals surface area contributed by atoms with E-state index in [2.05, 4.69) is 10.3 Å². The van der Waals surface area contributed by atoms with E-state index < -0.39 is 27.7 Å². The number of amides is 1. The molecule has 1 N–H and O–H groups in total. The molecule has 0 spiro atoms. The number of hydrogen-bond donors (Lipinski definition) is 1. The lowest BCUT2D eigenvalue weighted by atomic mass is 10.3. The van der Waals surface area contributed by atoms with E-state index in [4.69, 9.17) is 0 Å². The van der Waals surface area contributed by atoms with Crippen molar-refractivity contribution in [2.75, 3.05) is 17.3 Å². The number of benzene rings is 2. The van der Waals surface area contributed by atoms with Crippen molar-refractivity contribution in [3.63, 3.8) is 0 Å². The van der Waals surface area contributed by atoms with Crippen molar-refractivity contribution in [1.29, 1.82) is 0 Å².